The van der Waals surface area contributed by atoms with E-state index in [0.717, 1.165) is 35.0 Å². The molecule has 0 atom stereocenters. The van der Waals surface area contributed by atoms with Crippen LogP contribution in [0.3, 0.4) is 0 Å². The first-order chi connectivity index (χ1) is 17.3. The van der Waals surface area contributed by atoms with Gasteiger partial charge in [-0.05, 0) is 67.4 Å². The van der Waals surface area contributed by atoms with Crippen molar-refractivity contribution in [1.82, 2.24) is 15.5 Å². The molecular formula is C26H27F3N4O3. The van der Waals surface area contributed by atoms with E-state index in [1.54, 1.807) is 7.11 Å². The Kier molecular flexibility index (Phi) is 7.92. The predicted molar refractivity (Wildman–Crippen MR) is 129 cm³/mol. The second kappa shape index (κ2) is 11.3. The Labute approximate surface area is 207 Å². The lowest BCUT2D eigenvalue weighted by Crippen LogP contribution is -2.41. The minimum atomic E-state index is -4.42. The minimum Gasteiger partial charge on any atom is -0.497 e. The smallest absolute Gasteiger partial charge is 0.416 e. The van der Waals surface area contributed by atoms with Gasteiger partial charge in [0.15, 0.2) is 5.82 Å². The zero-order valence-corrected chi connectivity index (χ0v) is 19.8. The lowest BCUT2D eigenvalue weighted by Gasteiger charge is -2.31. The molecule has 1 aliphatic heterocycles. The number of ether oxygens (including phenoxy) is 2. The van der Waals surface area contributed by atoms with E-state index in [4.69, 9.17) is 9.47 Å². The molecule has 10 heteroatoms. The molecule has 1 N–H and O–H groups in total. The van der Waals surface area contributed by atoms with Gasteiger partial charge < -0.3 is 19.7 Å². The summed E-state index contributed by atoms with van der Waals surface area (Å²) < 4.78 is 48.9. The second-order valence-corrected chi connectivity index (χ2v) is 8.43. The molecule has 2 aromatic carbocycles. The number of hydrogen-bond acceptors (Lipinski definition) is 6. The lowest BCUT2D eigenvalue weighted by molar-refractivity contribution is -0.137. The highest BCUT2D eigenvalue weighted by atomic mass is 19.4. The van der Waals surface area contributed by atoms with Crippen LogP contribution < -0.4 is 19.7 Å². The van der Waals surface area contributed by atoms with Crippen molar-refractivity contribution in [3.05, 3.63) is 66.2 Å². The fourth-order valence-electron chi connectivity index (χ4n) is 4.03. The highest BCUT2D eigenvalue weighted by Crippen LogP contribution is 2.31. The van der Waals surface area contributed by atoms with Crippen molar-refractivity contribution < 1.29 is 27.4 Å². The summed E-state index contributed by atoms with van der Waals surface area (Å²) in [5, 5.41) is 11.5. The van der Waals surface area contributed by atoms with Gasteiger partial charge in [-0.3, -0.25) is 4.79 Å². The van der Waals surface area contributed by atoms with E-state index < -0.39 is 11.7 Å². The molecule has 1 amide bonds. The van der Waals surface area contributed by atoms with Gasteiger partial charge in [0, 0.05) is 24.6 Å². The summed E-state index contributed by atoms with van der Waals surface area (Å²) in [6.45, 7) is 1.65. The molecule has 0 radical (unpaired) electrons. The molecule has 0 unspecified atom stereocenters. The Balaban J connectivity index is 1.20. The predicted octanol–water partition coefficient (Wildman–Crippen LogP) is 4.58. The Morgan fingerprint density at radius 2 is 1.78 bits per heavy atom. The molecule has 7 nitrogen and oxygen atoms in total. The summed E-state index contributed by atoms with van der Waals surface area (Å²) in [6, 6.07) is 16.1. The molecule has 0 saturated carbocycles. The summed E-state index contributed by atoms with van der Waals surface area (Å²) in [5.41, 5.74) is 0.946. The standard InChI is InChI=1S/C26H27F3N4O3/c1-35-21-7-5-18(6-8-21)23-9-10-24(32-31-23)33-14-11-19(12-15-33)25(34)30-13-16-36-22-4-2-3-20(17-22)26(27,28)29/h2-10,17,19H,11-16H2,1H3,(H,30,34). The Hall–Kier alpha value is -3.82. The zero-order valence-electron chi connectivity index (χ0n) is 19.8. The molecule has 2 heterocycles. The van der Waals surface area contributed by atoms with Crippen LogP contribution in [-0.4, -0.2) is 49.5 Å². The second-order valence-electron chi connectivity index (χ2n) is 8.43. The third-order valence-corrected chi connectivity index (χ3v) is 6.06. The molecule has 1 aliphatic rings. The SMILES string of the molecule is COc1ccc(-c2ccc(N3CCC(C(=O)NCCOc4cccc(C(F)(F)F)c4)CC3)nn2)cc1. The zero-order chi connectivity index (χ0) is 25.5. The monoisotopic (exact) mass is 500 g/mol. The van der Waals surface area contributed by atoms with E-state index in [-0.39, 0.29) is 30.7 Å². The number of nitrogens with one attached hydrogen (secondary N) is 1. The maximum atomic E-state index is 12.8. The van der Waals surface area contributed by atoms with Crippen molar-refractivity contribution >= 4 is 11.7 Å². The largest absolute Gasteiger partial charge is 0.497 e. The highest BCUT2D eigenvalue weighted by Gasteiger charge is 2.30. The fourth-order valence-corrected chi connectivity index (χ4v) is 4.03. The first-order valence-electron chi connectivity index (χ1n) is 11.6. The third-order valence-electron chi connectivity index (χ3n) is 6.06. The number of amides is 1. The van der Waals surface area contributed by atoms with E-state index in [0.29, 0.717) is 25.9 Å². The number of carbonyl (C=O) groups is 1. The van der Waals surface area contributed by atoms with E-state index in [2.05, 4.69) is 20.4 Å². The molecule has 36 heavy (non-hydrogen) atoms. The summed E-state index contributed by atoms with van der Waals surface area (Å²) >= 11 is 0. The van der Waals surface area contributed by atoms with E-state index in [1.165, 1.54) is 12.1 Å². The van der Waals surface area contributed by atoms with Crippen LogP contribution in [0.5, 0.6) is 11.5 Å². The van der Waals surface area contributed by atoms with Crippen LogP contribution in [0, 0.1) is 5.92 Å². The number of nitrogens with zero attached hydrogens (tertiary/aromatic N) is 3. The van der Waals surface area contributed by atoms with Crippen molar-refractivity contribution in [3.63, 3.8) is 0 Å². The topological polar surface area (TPSA) is 76.6 Å². The van der Waals surface area contributed by atoms with Crippen LogP contribution >= 0.6 is 0 Å². The van der Waals surface area contributed by atoms with Crippen molar-refractivity contribution in [1.29, 1.82) is 0 Å². The number of aromatic nitrogens is 2. The molecule has 0 bridgehead atoms. The molecule has 1 saturated heterocycles. The van der Waals surface area contributed by atoms with Crippen LogP contribution in [0.25, 0.3) is 11.3 Å². The molecule has 1 aromatic heterocycles. The van der Waals surface area contributed by atoms with Gasteiger partial charge in [-0.15, -0.1) is 10.2 Å². The van der Waals surface area contributed by atoms with Gasteiger partial charge in [0.25, 0.3) is 0 Å². The Bertz CT molecular complexity index is 1150. The first-order valence-corrected chi connectivity index (χ1v) is 11.6. The maximum absolute atomic E-state index is 12.8. The summed E-state index contributed by atoms with van der Waals surface area (Å²) in [4.78, 5) is 14.6. The number of methoxy groups -OCH3 is 1. The highest BCUT2D eigenvalue weighted by molar-refractivity contribution is 5.79. The molecule has 4 rings (SSSR count). The average molecular weight is 501 g/mol. The van der Waals surface area contributed by atoms with Crippen LogP contribution in [0.15, 0.2) is 60.7 Å². The number of hydrogen-bond donors (Lipinski definition) is 1. The molecule has 1 fully saturated rings. The molecule has 3 aromatic rings. The number of carbonyl (C=O) groups excluding carboxylic acids is 1. The van der Waals surface area contributed by atoms with E-state index in [9.17, 15) is 18.0 Å². The van der Waals surface area contributed by atoms with E-state index >= 15 is 0 Å². The van der Waals surface area contributed by atoms with Gasteiger partial charge in [0.05, 0.1) is 24.9 Å². The average Bonchev–Trinajstić information content (AvgIpc) is 2.91. The number of alkyl halides is 3. The lowest BCUT2D eigenvalue weighted by atomic mass is 9.96. The van der Waals surface area contributed by atoms with E-state index in [1.807, 2.05) is 36.4 Å². The van der Waals surface area contributed by atoms with Crippen LogP contribution in [0.1, 0.15) is 18.4 Å². The van der Waals surface area contributed by atoms with Crippen molar-refractivity contribution in [2.45, 2.75) is 19.0 Å². The maximum Gasteiger partial charge on any atom is 0.416 e. The quantitative estimate of drug-likeness (QED) is 0.457. The van der Waals surface area contributed by atoms with Gasteiger partial charge in [-0.1, -0.05) is 6.07 Å². The van der Waals surface area contributed by atoms with Crippen LogP contribution in [-0.2, 0) is 11.0 Å². The Morgan fingerprint density at radius 3 is 2.42 bits per heavy atom. The number of benzene rings is 2. The molecule has 0 spiro atoms. The minimum absolute atomic E-state index is 0.0803. The number of anilines is 1. The van der Waals surface area contributed by atoms with Gasteiger partial charge in [-0.25, -0.2) is 0 Å². The summed E-state index contributed by atoms with van der Waals surface area (Å²) in [7, 11) is 1.62. The van der Waals surface area contributed by atoms with Gasteiger partial charge in [-0.2, -0.15) is 13.2 Å². The van der Waals surface area contributed by atoms with Crippen molar-refractivity contribution in [3.8, 4) is 22.8 Å². The number of piperidine rings is 1. The van der Waals surface area contributed by atoms with Crippen molar-refractivity contribution in [2.24, 2.45) is 5.92 Å². The third kappa shape index (κ3) is 6.44. The van der Waals surface area contributed by atoms with Crippen LogP contribution in [0.2, 0.25) is 0 Å². The number of rotatable bonds is 8. The first kappa shape index (κ1) is 25.3. The number of halogens is 3. The summed E-state index contributed by atoms with van der Waals surface area (Å²) in [5.74, 6) is 1.44. The Morgan fingerprint density at radius 1 is 1.03 bits per heavy atom. The van der Waals surface area contributed by atoms with Gasteiger partial charge in [0.1, 0.15) is 18.1 Å². The fraction of sp³-hybridized carbons (Fsp3) is 0.346. The van der Waals surface area contributed by atoms with Crippen LogP contribution in [0.4, 0.5) is 19.0 Å². The summed E-state index contributed by atoms with van der Waals surface area (Å²) in [6.07, 6.45) is -3.09. The molecular weight excluding hydrogens is 473 g/mol. The van der Waals surface area contributed by atoms with Gasteiger partial charge >= 0.3 is 6.18 Å². The normalized spacial score (nSPS) is 14.4. The molecule has 0 aliphatic carbocycles. The van der Waals surface area contributed by atoms with Crippen molar-refractivity contribution in [2.75, 3.05) is 38.3 Å². The molecule has 190 valence electrons. The van der Waals surface area contributed by atoms with Gasteiger partial charge in [0.2, 0.25) is 5.91 Å².